The van der Waals surface area contributed by atoms with Crippen LogP contribution in [0.4, 0.5) is 11.8 Å². The predicted molar refractivity (Wildman–Crippen MR) is 110 cm³/mol. The molecule has 0 bridgehead atoms. The number of rotatable bonds is 6. The summed E-state index contributed by atoms with van der Waals surface area (Å²) in [5.74, 6) is 0.377. The van der Waals surface area contributed by atoms with Gasteiger partial charge in [-0.3, -0.25) is 4.79 Å². The second-order valence-electron chi connectivity index (χ2n) is 8.46. The van der Waals surface area contributed by atoms with Crippen molar-refractivity contribution in [2.24, 2.45) is 5.73 Å². The molecule has 2 atom stereocenters. The number of aliphatic hydroxyl groups is 1. The van der Waals surface area contributed by atoms with Crippen LogP contribution in [-0.2, 0) is 4.74 Å². The average Bonchev–Trinajstić information content (AvgIpc) is 2.82. The average molecular weight is 394 g/mol. The zero-order chi connectivity index (χ0) is 20.1. The molecule has 1 aromatic rings. The second kappa shape index (κ2) is 9.05. The highest BCUT2D eigenvalue weighted by Gasteiger charge is 2.29. The van der Waals surface area contributed by atoms with Crippen LogP contribution >= 0.6 is 0 Å². The number of nitrogens with two attached hydrogens (primary N) is 1. The van der Waals surface area contributed by atoms with Gasteiger partial charge in [0.1, 0.15) is 5.82 Å². The van der Waals surface area contributed by atoms with Crippen molar-refractivity contribution in [3.8, 4) is 0 Å². The summed E-state index contributed by atoms with van der Waals surface area (Å²) in [5, 5.41) is 17.2. The summed E-state index contributed by atoms with van der Waals surface area (Å²) in [7, 11) is 1.76. The van der Waals surface area contributed by atoms with Gasteiger partial charge in [-0.15, -0.1) is 0 Å². The van der Waals surface area contributed by atoms with Gasteiger partial charge in [-0.2, -0.15) is 4.98 Å². The summed E-state index contributed by atoms with van der Waals surface area (Å²) in [5.41, 5.74) is 5.09. The number of amides is 1. The van der Waals surface area contributed by atoms with Crippen LogP contribution in [0.15, 0.2) is 6.20 Å². The van der Waals surface area contributed by atoms with Gasteiger partial charge in [0.2, 0.25) is 5.95 Å². The number of primary amides is 1. The van der Waals surface area contributed by atoms with Crippen molar-refractivity contribution in [3.63, 3.8) is 0 Å². The second-order valence-corrected chi connectivity index (χ2v) is 8.46. The number of aromatic nitrogens is 2. The molecular weight excluding hydrogens is 358 g/mol. The Labute approximate surface area is 168 Å². The number of methoxy groups -OCH3 is 1. The molecule has 0 unspecified atom stereocenters. The molecule has 5 N–H and O–H groups in total. The van der Waals surface area contributed by atoms with E-state index in [2.05, 4.69) is 20.6 Å². The largest absolute Gasteiger partial charge is 0.390 e. The quantitative estimate of drug-likeness (QED) is 0.548. The number of hydrogen-bond donors (Lipinski definition) is 4. The SMILES string of the molecule is COC1CCC(Nc2ncc(C(N)=O)c(N[C@@H]3CCCC[C@](C)(O)C3)n2)CC1.[HH]. The lowest BCUT2D eigenvalue weighted by Crippen LogP contribution is -2.33. The molecule has 1 aromatic heterocycles. The highest BCUT2D eigenvalue weighted by molar-refractivity contribution is 5.97. The van der Waals surface area contributed by atoms with Crippen molar-refractivity contribution in [1.29, 1.82) is 0 Å². The maximum Gasteiger partial charge on any atom is 0.254 e. The molecule has 0 aromatic carbocycles. The Hall–Kier alpha value is -1.93. The lowest BCUT2D eigenvalue weighted by molar-refractivity contribution is 0.0420. The van der Waals surface area contributed by atoms with Crippen LogP contribution in [0.3, 0.4) is 0 Å². The number of nitrogens with one attached hydrogen (secondary N) is 2. The Morgan fingerprint density at radius 1 is 1.25 bits per heavy atom. The van der Waals surface area contributed by atoms with Crippen LogP contribution in [0.2, 0.25) is 0 Å². The number of hydrogen-bond acceptors (Lipinski definition) is 7. The fourth-order valence-electron chi connectivity index (χ4n) is 4.32. The monoisotopic (exact) mass is 393 g/mol. The molecule has 1 heterocycles. The van der Waals surface area contributed by atoms with Gasteiger partial charge in [0, 0.05) is 26.8 Å². The van der Waals surface area contributed by atoms with E-state index in [9.17, 15) is 9.90 Å². The highest BCUT2D eigenvalue weighted by Crippen LogP contribution is 2.29. The Morgan fingerprint density at radius 3 is 2.68 bits per heavy atom. The molecule has 2 saturated carbocycles. The molecule has 1 amide bonds. The van der Waals surface area contributed by atoms with E-state index in [1.54, 1.807) is 7.11 Å². The van der Waals surface area contributed by atoms with Crippen molar-refractivity contribution in [2.45, 2.75) is 88.5 Å². The maximum absolute atomic E-state index is 11.8. The van der Waals surface area contributed by atoms with E-state index in [0.29, 0.717) is 24.3 Å². The third-order valence-corrected chi connectivity index (χ3v) is 5.94. The van der Waals surface area contributed by atoms with Gasteiger partial charge < -0.3 is 26.2 Å². The van der Waals surface area contributed by atoms with Crippen molar-refractivity contribution in [2.75, 3.05) is 17.7 Å². The van der Waals surface area contributed by atoms with Gasteiger partial charge in [0.25, 0.3) is 5.91 Å². The third-order valence-electron chi connectivity index (χ3n) is 5.94. The van der Waals surface area contributed by atoms with Crippen LogP contribution in [0.5, 0.6) is 0 Å². The van der Waals surface area contributed by atoms with Crippen LogP contribution in [0.1, 0.15) is 76.5 Å². The van der Waals surface area contributed by atoms with E-state index >= 15 is 0 Å². The van der Waals surface area contributed by atoms with E-state index in [1.165, 1.54) is 6.20 Å². The number of carbonyl (C=O) groups excluding carboxylic acids is 1. The number of carbonyl (C=O) groups is 1. The fourth-order valence-corrected chi connectivity index (χ4v) is 4.32. The third kappa shape index (κ3) is 5.54. The smallest absolute Gasteiger partial charge is 0.254 e. The van der Waals surface area contributed by atoms with Crippen molar-refractivity contribution >= 4 is 17.7 Å². The van der Waals surface area contributed by atoms with Crippen LogP contribution in [0, 0.1) is 0 Å². The van der Waals surface area contributed by atoms with E-state index in [-0.39, 0.29) is 19.1 Å². The van der Waals surface area contributed by atoms with Gasteiger partial charge in [-0.05, 0) is 51.9 Å². The lowest BCUT2D eigenvalue weighted by atomic mass is 9.93. The van der Waals surface area contributed by atoms with Gasteiger partial charge in [-0.25, -0.2) is 4.98 Å². The molecule has 3 rings (SSSR count). The molecule has 2 fully saturated rings. The van der Waals surface area contributed by atoms with Gasteiger partial charge in [0.15, 0.2) is 0 Å². The van der Waals surface area contributed by atoms with Gasteiger partial charge in [-0.1, -0.05) is 12.8 Å². The number of nitrogens with zero attached hydrogens (tertiary/aromatic N) is 2. The zero-order valence-corrected chi connectivity index (χ0v) is 16.9. The number of ether oxygens (including phenoxy) is 1. The molecule has 8 heteroatoms. The Morgan fingerprint density at radius 2 is 2.00 bits per heavy atom. The first kappa shape index (κ1) is 20.8. The summed E-state index contributed by atoms with van der Waals surface area (Å²) in [6.07, 6.45) is 10.2. The standard InChI is InChI=1S/C20H33N5O3.H2/c1-20(27)10-4-3-5-14(11-20)23-18-16(17(21)26)12-22-19(25-18)24-13-6-8-15(28-2)9-7-13;/h12-15,27H,3-11H2,1-2H3,(H2,21,26)(H2,22,23,24,25);1H/t13?,14-,15?,20+;/m1./s1. The molecule has 2 aliphatic carbocycles. The molecule has 0 spiro atoms. The Kier molecular flexibility index (Phi) is 6.72. The first-order valence-electron chi connectivity index (χ1n) is 10.3. The van der Waals surface area contributed by atoms with Crippen LogP contribution in [0.25, 0.3) is 0 Å². The topological polar surface area (TPSA) is 122 Å². The minimum Gasteiger partial charge on any atom is -0.390 e. The minimum absolute atomic E-state index is 0. The first-order chi connectivity index (χ1) is 13.4. The van der Waals surface area contributed by atoms with E-state index in [0.717, 1.165) is 51.4 Å². The van der Waals surface area contributed by atoms with Gasteiger partial charge in [0.05, 0.1) is 17.3 Å². The van der Waals surface area contributed by atoms with Crippen LogP contribution < -0.4 is 16.4 Å². The minimum atomic E-state index is -0.713. The van der Waals surface area contributed by atoms with Crippen molar-refractivity contribution < 1.29 is 16.1 Å². The summed E-state index contributed by atoms with van der Waals surface area (Å²) in [4.78, 5) is 20.7. The highest BCUT2D eigenvalue weighted by atomic mass is 16.5. The van der Waals surface area contributed by atoms with Crippen molar-refractivity contribution in [1.82, 2.24) is 9.97 Å². The molecule has 2 aliphatic rings. The Balaban J connectivity index is 0.00000300. The molecule has 158 valence electrons. The molecule has 0 saturated heterocycles. The molecule has 0 radical (unpaired) electrons. The first-order valence-corrected chi connectivity index (χ1v) is 10.3. The van der Waals surface area contributed by atoms with E-state index in [1.807, 2.05) is 6.92 Å². The van der Waals surface area contributed by atoms with Crippen molar-refractivity contribution in [3.05, 3.63) is 11.8 Å². The summed E-state index contributed by atoms with van der Waals surface area (Å²) >= 11 is 0. The summed E-state index contributed by atoms with van der Waals surface area (Å²) < 4.78 is 5.42. The zero-order valence-electron chi connectivity index (χ0n) is 16.9. The molecule has 8 nitrogen and oxygen atoms in total. The maximum atomic E-state index is 11.8. The normalized spacial score (nSPS) is 31.0. The summed E-state index contributed by atoms with van der Waals surface area (Å²) in [6.45, 7) is 1.87. The van der Waals surface area contributed by atoms with Crippen LogP contribution in [-0.4, -0.2) is 51.9 Å². The molecule has 0 aliphatic heterocycles. The number of anilines is 2. The molecule has 28 heavy (non-hydrogen) atoms. The lowest BCUT2D eigenvalue weighted by Gasteiger charge is -2.29. The predicted octanol–water partition coefficient (Wildman–Crippen LogP) is 2.69. The van der Waals surface area contributed by atoms with E-state index < -0.39 is 11.5 Å². The Bertz CT molecular complexity index is 680. The summed E-state index contributed by atoms with van der Waals surface area (Å²) in [6, 6.07) is 0.327. The van der Waals surface area contributed by atoms with Gasteiger partial charge >= 0.3 is 0 Å². The fraction of sp³-hybridized carbons (Fsp3) is 0.750. The van der Waals surface area contributed by atoms with E-state index in [4.69, 9.17) is 10.5 Å². The molecular formula is C20H35N5O3.